The van der Waals surface area contributed by atoms with E-state index in [-0.39, 0.29) is 18.9 Å². The molecule has 106 valence electrons. The van der Waals surface area contributed by atoms with E-state index in [1.165, 1.54) is 0 Å². The molecular weight excluding hydrogens is 254 g/mol. The van der Waals surface area contributed by atoms with Crippen LogP contribution in [-0.4, -0.2) is 55.9 Å². The van der Waals surface area contributed by atoms with Crippen LogP contribution < -0.4 is 5.32 Å². The molecule has 1 aromatic heterocycles. The van der Waals surface area contributed by atoms with Crippen molar-refractivity contribution in [1.82, 2.24) is 25.9 Å². The number of rotatable bonds is 6. The standard InChI is InChI=1S/C10H17N5O4/c1-10(2,3)19-5-8(16)11-6(9(17)18)4-7-12-14-15-13-7/h6H,4-5H2,1-3H3,(H,11,16)(H,17,18)(H,12,13,14,15). The summed E-state index contributed by atoms with van der Waals surface area (Å²) >= 11 is 0. The molecule has 0 fully saturated rings. The third-order valence-corrected chi connectivity index (χ3v) is 2.05. The summed E-state index contributed by atoms with van der Waals surface area (Å²) in [5.74, 6) is -1.47. The van der Waals surface area contributed by atoms with Crippen molar-refractivity contribution in [1.29, 1.82) is 0 Å². The highest BCUT2D eigenvalue weighted by Gasteiger charge is 2.23. The fourth-order valence-corrected chi connectivity index (χ4v) is 1.17. The van der Waals surface area contributed by atoms with Gasteiger partial charge in [-0.3, -0.25) is 4.79 Å². The minimum absolute atomic E-state index is 0.0485. The van der Waals surface area contributed by atoms with Gasteiger partial charge in [-0.1, -0.05) is 5.21 Å². The minimum atomic E-state index is -1.17. The Labute approximate surface area is 109 Å². The summed E-state index contributed by atoms with van der Waals surface area (Å²) in [5, 5.41) is 24.2. The second kappa shape index (κ2) is 6.23. The van der Waals surface area contributed by atoms with Crippen molar-refractivity contribution in [2.45, 2.75) is 38.8 Å². The molecule has 1 atom stereocenters. The lowest BCUT2D eigenvalue weighted by atomic mass is 10.2. The predicted molar refractivity (Wildman–Crippen MR) is 63.2 cm³/mol. The van der Waals surface area contributed by atoms with Crippen LogP contribution in [0.2, 0.25) is 0 Å². The van der Waals surface area contributed by atoms with E-state index in [4.69, 9.17) is 9.84 Å². The van der Waals surface area contributed by atoms with Crippen molar-refractivity contribution < 1.29 is 19.4 Å². The number of tetrazole rings is 1. The Bertz CT molecular complexity index is 426. The highest BCUT2D eigenvalue weighted by molar-refractivity contribution is 5.84. The largest absolute Gasteiger partial charge is 0.480 e. The Morgan fingerprint density at radius 2 is 2.16 bits per heavy atom. The van der Waals surface area contributed by atoms with Gasteiger partial charge in [-0.05, 0) is 20.8 Å². The van der Waals surface area contributed by atoms with E-state index in [1.807, 2.05) is 0 Å². The van der Waals surface area contributed by atoms with Crippen LogP contribution in [0.15, 0.2) is 0 Å². The number of aromatic nitrogens is 4. The number of aromatic amines is 1. The lowest BCUT2D eigenvalue weighted by molar-refractivity contribution is -0.143. The summed E-state index contributed by atoms with van der Waals surface area (Å²) in [7, 11) is 0. The first kappa shape index (κ1) is 15.0. The van der Waals surface area contributed by atoms with Crippen molar-refractivity contribution in [3.8, 4) is 0 Å². The molecule has 0 radical (unpaired) electrons. The monoisotopic (exact) mass is 271 g/mol. The number of hydrogen-bond donors (Lipinski definition) is 3. The third-order valence-electron chi connectivity index (χ3n) is 2.05. The molecule has 0 spiro atoms. The SMILES string of the molecule is CC(C)(C)OCC(=O)NC(Cc1nn[nH]n1)C(=O)O. The number of H-pyrrole nitrogens is 1. The number of carbonyl (C=O) groups is 2. The highest BCUT2D eigenvalue weighted by Crippen LogP contribution is 2.05. The van der Waals surface area contributed by atoms with Gasteiger partial charge in [0, 0.05) is 6.42 Å². The Morgan fingerprint density at radius 3 is 2.63 bits per heavy atom. The van der Waals surface area contributed by atoms with E-state index in [2.05, 4.69) is 25.9 Å². The van der Waals surface area contributed by atoms with Crippen molar-refractivity contribution in [3.63, 3.8) is 0 Å². The fourth-order valence-electron chi connectivity index (χ4n) is 1.17. The Hall–Kier alpha value is -2.03. The summed E-state index contributed by atoms with van der Waals surface area (Å²) in [6.45, 7) is 5.19. The average Bonchev–Trinajstić information content (AvgIpc) is 2.77. The van der Waals surface area contributed by atoms with Gasteiger partial charge in [0.15, 0.2) is 5.82 Å². The normalized spacial score (nSPS) is 13.0. The molecule has 3 N–H and O–H groups in total. The van der Waals surface area contributed by atoms with Gasteiger partial charge < -0.3 is 15.2 Å². The number of nitrogens with one attached hydrogen (secondary N) is 2. The molecule has 9 heteroatoms. The van der Waals surface area contributed by atoms with E-state index >= 15 is 0 Å². The van der Waals surface area contributed by atoms with Crippen molar-refractivity contribution in [3.05, 3.63) is 5.82 Å². The van der Waals surface area contributed by atoms with Crippen molar-refractivity contribution in [2.24, 2.45) is 0 Å². The minimum Gasteiger partial charge on any atom is -0.480 e. The molecule has 0 bridgehead atoms. The molecule has 0 saturated carbocycles. The van der Waals surface area contributed by atoms with Gasteiger partial charge in [0.1, 0.15) is 12.6 Å². The summed E-state index contributed by atoms with van der Waals surface area (Å²) in [6.07, 6.45) is -0.0485. The molecule has 1 unspecified atom stereocenters. The zero-order valence-electron chi connectivity index (χ0n) is 11.0. The molecule has 19 heavy (non-hydrogen) atoms. The van der Waals surface area contributed by atoms with Gasteiger partial charge >= 0.3 is 5.97 Å². The maximum absolute atomic E-state index is 11.6. The third kappa shape index (κ3) is 5.91. The van der Waals surface area contributed by atoms with Crippen LogP contribution in [0.25, 0.3) is 0 Å². The smallest absolute Gasteiger partial charge is 0.326 e. The summed E-state index contributed by atoms with van der Waals surface area (Å²) < 4.78 is 5.25. The topological polar surface area (TPSA) is 130 Å². The van der Waals surface area contributed by atoms with Gasteiger partial charge in [-0.25, -0.2) is 4.79 Å². The fraction of sp³-hybridized carbons (Fsp3) is 0.700. The van der Waals surface area contributed by atoms with E-state index in [1.54, 1.807) is 20.8 Å². The second-order valence-electron chi connectivity index (χ2n) is 4.89. The van der Waals surface area contributed by atoms with Crippen LogP contribution >= 0.6 is 0 Å². The molecule has 0 aliphatic carbocycles. The number of ether oxygens (including phenoxy) is 1. The van der Waals surface area contributed by atoms with Crippen molar-refractivity contribution >= 4 is 11.9 Å². The number of hydrogen-bond acceptors (Lipinski definition) is 6. The van der Waals surface area contributed by atoms with Crippen LogP contribution in [0.4, 0.5) is 0 Å². The Morgan fingerprint density at radius 1 is 1.47 bits per heavy atom. The van der Waals surface area contributed by atoms with Gasteiger partial charge in [0.25, 0.3) is 0 Å². The van der Waals surface area contributed by atoms with E-state index in [0.717, 1.165) is 0 Å². The highest BCUT2D eigenvalue weighted by atomic mass is 16.5. The summed E-state index contributed by atoms with van der Waals surface area (Å²) in [4.78, 5) is 22.6. The first-order valence-electron chi connectivity index (χ1n) is 5.66. The number of amides is 1. The quantitative estimate of drug-likeness (QED) is 0.612. The zero-order chi connectivity index (χ0) is 14.5. The van der Waals surface area contributed by atoms with Crippen LogP contribution in [0.5, 0.6) is 0 Å². The zero-order valence-corrected chi connectivity index (χ0v) is 11.0. The summed E-state index contributed by atoms with van der Waals surface area (Å²) in [5.41, 5.74) is -0.469. The number of carboxylic acids is 1. The number of nitrogens with zero attached hydrogens (tertiary/aromatic N) is 3. The van der Waals surface area contributed by atoms with Crippen LogP contribution in [-0.2, 0) is 20.7 Å². The molecular formula is C10H17N5O4. The Balaban J connectivity index is 2.49. The maximum atomic E-state index is 11.6. The second-order valence-corrected chi connectivity index (χ2v) is 4.89. The molecule has 0 aliphatic rings. The van der Waals surface area contributed by atoms with Crippen molar-refractivity contribution in [2.75, 3.05) is 6.61 Å². The van der Waals surface area contributed by atoms with E-state index in [9.17, 15) is 9.59 Å². The molecule has 1 rings (SSSR count). The van der Waals surface area contributed by atoms with Crippen LogP contribution in [0, 0.1) is 0 Å². The molecule has 0 aromatic carbocycles. The van der Waals surface area contributed by atoms with Gasteiger partial charge in [-0.2, -0.15) is 5.21 Å². The molecule has 1 heterocycles. The Kier molecular flexibility index (Phi) is 4.93. The van der Waals surface area contributed by atoms with E-state index in [0.29, 0.717) is 0 Å². The average molecular weight is 271 g/mol. The molecule has 9 nitrogen and oxygen atoms in total. The summed E-state index contributed by atoms with van der Waals surface area (Å²) in [6, 6.07) is -1.12. The number of carboxylic acid groups (broad SMARTS) is 1. The number of carbonyl (C=O) groups excluding carboxylic acids is 1. The predicted octanol–water partition coefficient (Wildman–Crippen LogP) is -0.873. The molecule has 0 saturated heterocycles. The molecule has 1 aromatic rings. The van der Waals surface area contributed by atoms with Gasteiger partial charge in [0.2, 0.25) is 5.91 Å². The first-order chi connectivity index (χ1) is 8.78. The van der Waals surface area contributed by atoms with Crippen LogP contribution in [0.3, 0.4) is 0 Å². The van der Waals surface area contributed by atoms with Gasteiger partial charge in [0.05, 0.1) is 5.60 Å². The molecule has 0 aliphatic heterocycles. The van der Waals surface area contributed by atoms with Crippen LogP contribution in [0.1, 0.15) is 26.6 Å². The lowest BCUT2D eigenvalue weighted by Gasteiger charge is -2.20. The lowest BCUT2D eigenvalue weighted by Crippen LogP contribution is -2.44. The first-order valence-corrected chi connectivity index (χ1v) is 5.66. The maximum Gasteiger partial charge on any atom is 0.326 e. The number of aliphatic carboxylic acids is 1. The van der Waals surface area contributed by atoms with Gasteiger partial charge in [-0.15, -0.1) is 10.2 Å². The molecule has 1 amide bonds. The van der Waals surface area contributed by atoms with E-state index < -0.39 is 23.5 Å².